The zero-order valence-electron chi connectivity index (χ0n) is 6.94. The summed E-state index contributed by atoms with van der Waals surface area (Å²) in [5, 5.41) is 0. The summed E-state index contributed by atoms with van der Waals surface area (Å²) in [6.07, 6.45) is 0.769. The molecule has 1 aliphatic rings. The molecule has 0 aliphatic carbocycles. The van der Waals surface area contributed by atoms with E-state index < -0.39 is 9.84 Å². The molecule has 1 aliphatic heterocycles. The van der Waals surface area contributed by atoms with E-state index in [0.29, 0.717) is 23.8 Å². The third-order valence-electron chi connectivity index (χ3n) is 2.47. The highest BCUT2D eigenvalue weighted by Crippen LogP contribution is 2.25. The third kappa shape index (κ3) is 2.37. The minimum absolute atomic E-state index is 0.248. The minimum atomic E-state index is -2.75. The van der Waals surface area contributed by atoms with Crippen LogP contribution in [0.2, 0.25) is 0 Å². The molecule has 0 saturated carbocycles. The average Bonchev–Trinajstić information content (AvgIpc) is 2.34. The van der Waals surface area contributed by atoms with E-state index in [1.54, 1.807) is 0 Å². The fourth-order valence-corrected chi connectivity index (χ4v) is 3.98. The molecule has 2 atom stereocenters. The van der Waals surface area contributed by atoms with Crippen LogP contribution in [-0.2, 0) is 9.84 Å². The molecule has 0 radical (unpaired) electrons. The number of rotatable bonds is 3. The highest BCUT2D eigenvalue weighted by Gasteiger charge is 2.32. The first-order valence-corrected chi connectivity index (χ1v) is 6.56. The van der Waals surface area contributed by atoms with E-state index in [4.69, 9.17) is 5.73 Å². The molecule has 3 nitrogen and oxygen atoms in total. The van der Waals surface area contributed by atoms with Gasteiger partial charge in [0.15, 0.2) is 9.84 Å². The number of thiol groups is 1. The Balaban J connectivity index is 2.56. The predicted molar refractivity (Wildman–Crippen MR) is 53.2 cm³/mol. The molecule has 0 aromatic rings. The van der Waals surface area contributed by atoms with Gasteiger partial charge in [-0.25, -0.2) is 8.42 Å². The summed E-state index contributed by atoms with van der Waals surface area (Å²) in [5.74, 6) is 1.86. The lowest BCUT2D eigenvalue weighted by molar-refractivity contribution is 0.412. The summed E-state index contributed by atoms with van der Waals surface area (Å²) in [7, 11) is -2.75. The van der Waals surface area contributed by atoms with Crippen molar-refractivity contribution in [3.05, 3.63) is 0 Å². The highest BCUT2D eigenvalue weighted by atomic mass is 32.2. The van der Waals surface area contributed by atoms with Crippen molar-refractivity contribution in [3.63, 3.8) is 0 Å². The van der Waals surface area contributed by atoms with E-state index in [2.05, 4.69) is 12.6 Å². The number of hydrogen-bond donors (Lipinski definition) is 2. The van der Waals surface area contributed by atoms with Gasteiger partial charge in [-0.05, 0) is 30.6 Å². The van der Waals surface area contributed by atoms with Gasteiger partial charge in [0.25, 0.3) is 0 Å². The summed E-state index contributed by atoms with van der Waals surface area (Å²) < 4.78 is 22.2. The standard InChI is InChI=1S/C7H15NO2S2/c8-3-7(4-11)6-1-2-12(9,10)5-6/h6-7,11H,1-5,8H2. The van der Waals surface area contributed by atoms with E-state index in [-0.39, 0.29) is 11.8 Å². The summed E-state index contributed by atoms with van der Waals surface area (Å²) in [6.45, 7) is 0.545. The first kappa shape index (κ1) is 10.3. The van der Waals surface area contributed by atoms with Crippen molar-refractivity contribution in [2.24, 2.45) is 17.6 Å². The van der Waals surface area contributed by atoms with Crippen LogP contribution in [0.25, 0.3) is 0 Å². The maximum atomic E-state index is 11.1. The topological polar surface area (TPSA) is 60.2 Å². The Morgan fingerprint density at radius 1 is 1.58 bits per heavy atom. The van der Waals surface area contributed by atoms with Crippen LogP contribution in [0.15, 0.2) is 0 Å². The Morgan fingerprint density at radius 3 is 2.58 bits per heavy atom. The van der Waals surface area contributed by atoms with Crippen LogP contribution in [0.1, 0.15) is 6.42 Å². The van der Waals surface area contributed by atoms with Gasteiger partial charge < -0.3 is 5.73 Å². The van der Waals surface area contributed by atoms with Crippen molar-refractivity contribution >= 4 is 22.5 Å². The Morgan fingerprint density at radius 2 is 2.25 bits per heavy atom. The van der Waals surface area contributed by atoms with Crippen molar-refractivity contribution in [2.75, 3.05) is 23.8 Å². The minimum Gasteiger partial charge on any atom is -0.330 e. The molecule has 2 unspecified atom stereocenters. The van der Waals surface area contributed by atoms with Gasteiger partial charge in [0.05, 0.1) is 11.5 Å². The van der Waals surface area contributed by atoms with Crippen LogP contribution in [-0.4, -0.2) is 32.2 Å². The van der Waals surface area contributed by atoms with Crippen LogP contribution >= 0.6 is 12.6 Å². The number of hydrogen-bond acceptors (Lipinski definition) is 4. The van der Waals surface area contributed by atoms with E-state index >= 15 is 0 Å². The smallest absolute Gasteiger partial charge is 0.150 e. The van der Waals surface area contributed by atoms with Crippen molar-refractivity contribution in [2.45, 2.75) is 6.42 Å². The normalized spacial score (nSPS) is 30.3. The van der Waals surface area contributed by atoms with E-state index in [1.165, 1.54) is 0 Å². The lowest BCUT2D eigenvalue weighted by Gasteiger charge is -2.17. The highest BCUT2D eigenvalue weighted by molar-refractivity contribution is 7.91. The quantitative estimate of drug-likeness (QED) is 0.640. The molecule has 1 saturated heterocycles. The first-order valence-electron chi connectivity index (χ1n) is 4.10. The van der Waals surface area contributed by atoms with Crippen molar-refractivity contribution in [1.29, 1.82) is 0 Å². The summed E-state index contributed by atoms with van der Waals surface area (Å²) in [5.41, 5.74) is 5.51. The zero-order valence-corrected chi connectivity index (χ0v) is 8.65. The van der Waals surface area contributed by atoms with Gasteiger partial charge in [0.1, 0.15) is 0 Å². The summed E-state index contributed by atoms with van der Waals surface area (Å²) in [6, 6.07) is 0. The van der Waals surface area contributed by atoms with Crippen molar-refractivity contribution < 1.29 is 8.42 Å². The second kappa shape index (κ2) is 3.98. The van der Waals surface area contributed by atoms with E-state index in [0.717, 1.165) is 6.42 Å². The predicted octanol–water partition coefficient (Wildman–Crippen LogP) is -0.0742. The molecule has 0 bridgehead atoms. The van der Waals surface area contributed by atoms with Gasteiger partial charge >= 0.3 is 0 Å². The lowest BCUT2D eigenvalue weighted by Crippen LogP contribution is -2.25. The van der Waals surface area contributed by atoms with Crippen LogP contribution in [0.5, 0.6) is 0 Å². The van der Waals surface area contributed by atoms with E-state index in [1.807, 2.05) is 0 Å². The van der Waals surface area contributed by atoms with Gasteiger partial charge in [-0.3, -0.25) is 0 Å². The average molecular weight is 209 g/mol. The Bertz CT molecular complexity index is 234. The lowest BCUT2D eigenvalue weighted by atomic mass is 9.94. The Labute approximate surface area is 79.0 Å². The molecule has 0 aromatic carbocycles. The molecule has 0 spiro atoms. The molecule has 2 N–H and O–H groups in total. The molecule has 0 aromatic heterocycles. The van der Waals surface area contributed by atoms with E-state index in [9.17, 15) is 8.42 Å². The van der Waals surface area contributed by atoms with Crippen LogP contribution in [0.3, 0.4) is 0 Å². The molecule has 1 fully saturated rings. The molecular formula is C7H15NO2S2. The fraction of sp³-hybridized carbons (Fsp3) is 1.00. The molecule has 1 heterocycles. The SMILES string of the molecule is NCC(CS)C1CCS(=O)(=O)C1. The van der Waals surface area contributed by atoms with Crippen molar-refractivity contribution in [3.8, 4) is 0 Å². The number of sulfone groups is 1. The monoisotopic (exact) mass is 209 g/mol. The van der Waals surface area contributed by atoms with Gasteiger partial charge in [-0.2, -0.15) is 12.6 Å². The van der Waals surface area contributed by atoms with Crippen LogP contribution < -0.4 is 5.73 Å². The molecule has 12 heavy (non-hydrogen) atoms. The molecule has 72 valence electrons. The second-order valence-corrected chi connectivity index (χ2v) is 5.94. The van der Waals surface area contributed by atoms with Gasteiger partial charge in [0, 0.05) is 0 Å². The molecule has 0 amide bonds. The molecule has 5 heteroatoms. The largest absolute Gasteiger partial charge is 0.330 e. The summed E-state index contributed by atoms with van der Waals surface area (Å²) >= 11 is 4.15. The molecular weight excluding hydrogens is 194 g/mol. The first-order chi connectivity index (χ1) is 5.59. The fourth-order valence-electron chi connectivity index (χ4n) is 1.61. The van der Waals surface area contributed by atoms with Gasteiger partial charge in [-0.15, -0.1) is 0 Å². The molecule has 1 rings (SSSR count). The van der Waals surface area contributed by atoms with Crippen LogP contribution in [0.4, 0.5) is 0 Å². The maximum Gasteiger partial charge on any atom is 0.150 e. The van der Waals surface area contributed by atoms with Gasteiger partial charge in [0.2, 0.25) is 0 Å². The van der Waals surface area contributed by atoms with Gasteiger partial charge in [-0.1, -0.05) is 0 Å². The maximum absolute atomic E-state index is 11.1. The second-order valence-electron chi connectivity index (χ2n) is 3.34. The Kier molecular flexibility index (Phi) is 3.43. The zero-order chi connectivity index (χ0) is 9.19. The van der Waals surface area contributed by atoms with Crippen LogP contribution in [0, 0.1) is 11.8 Å². The Hall–Kier alpha value is 0.260. The summed E-state index contributed by atoms with van der Waals surface area (Å²) in [4.78, 5) is 0. The third-order valence-corrected chi connectivity index (χ3v) is 4.73. The number of nitrogens with two attached hydrogens (primary N) is 1. The van der Waals surface area contributed by atoms with Crippen molar-refractivity contribution in [1.82, 2.24) is 0 Å².